The highest BCUT2D eigenvalue weighted by molar-refractivity contribution is 5.31. The van der Waals surface area contributed by atoms with Crippen LogP contribution in [-0.4, -0.2) is 15.2 Å². The van der Waals surface area contributed by atoms with Crippen molar-refractivity contribution in [1.29, 1.82) is 0 Å². The molecular weight excluding hydrogens is 187 g/mol. The summed E-state index contributed by atoms with van der Waals surface area (Å²) in [7, 11) is 0. The molecule has 1 aromatic heterocycles. The molecule has 0 aliphatic heterocycles. The molecule has 0 spiro atoms. The summed E-state index contributed by atoms with van der Waals surface area (Å²) >= 11 is 0. The number of hydrogen-bond acceptors (Lipinski definition) is 3. The first-order chi connectivity index (χ1) is 5.95. The van der Waals surface area contributed by atoms with E-state index < -0.39 is 24.2 Å². The van der Waals surface area contributed by atoms with Gasteiger partial charge in [0.25, 0.3) is 0 Å². The summed E-state index contributed by atoms with van der Waals surface area (Å²) in [5.41, 5.74) is -1.23. The van der Waals surface area contributed by atoms with Crippen LogP contribution in [0.5, 0.6) is 5.88 Å². The van der Waals surface area contributed by atoms with Crippen LogP contribution in [0.2, 0.25) is 0 Å². The molecule has 1 aromatic rings. The molecule has 13 heavy (non-hydrogen) atoms. The molecule has 0 saturated heterocycles. The molecule has 2 N–H and O–H groups in total. The molecule has 0 radical (unpaired) electrons. The van der Waals surface area contributed by atoms with Crippen molar-refractivity contribution in [1.82, 2.24) is 4.98 Å². The van der Waals surface area contributed by atoms with Gasteiger partial charge in [0, 0.05) is 6.20 Å². The fourth-order valence-electron chi connectivity index (χ4n) is 0.796. The van der Waals surface area contributed by atoms with E-state index in [2.05, 4.69) is 4.98 Å². The summed E-state index contributed by atoms with van der Waals surface area (Å²) in [5, 5.41) is 17.3. The number of rotatable bonds is 1. The molecule has 72 valence electrons. The van der Waals surface area contributed by atoms with Gasteiger partial charge < -0.3 is 10.2 Å². The van der Waals surface area contributed by atoms with Gasteiger partial charge in [-0.15, -0.1) is 0 Å². The van der Waals surface area contributed by atoms with Crippen molar-refractivity contribution in [3.8, 4) is 5.88 Å². The SMILES string of the molecule is OCc1cnc(O)c(C(F)(F)F)c1. The molecule has 0 aliphatic carbocycles. The van der Waals surface area contributed by atoms with Crippen molar-refractivity contribution in [3.05, 3.63) is 23.4 Å². The standard InChI is InChI=1S/C7H6F3NO2/c8-7(9,10)5-1-4(3-12)2-11-6(5)13/h1-2,12H,3H2,(H,11,13). The van der Waals surface area contributed by atoms with Gasteiger partial charge in [-0.2, -0.15) is 13.2 Å². The molecule has 0 atom stereocenters. The Morgan fingerprint density at radius 2 is 2.00 bits per heavy atom. The maximum absolute atomic E-state index is 12.1. The molecule has 6 heteroatoms. The first kappa shape index (κ1) is 9.79. The van der Waals surface area contributed by atoms with Crippen molar-refractivity contribution in [2.75, 3.05) is 0 Å². The first-order valence-electron chi connectivity index (χ1n) is 3.31. The number of pyridine rings is 1. The molecule has 0 amide bonds. The highest BCUT2D eigenvalue weighted by atomic mass is 19.4. The molecule has 1 heterocycles. The number of alkyl halides is 3. The third kappa shape index (κ3) is 2.09. The largest absolute Gasteiger partial charge is 0.493 e. The molecule has 0 unspecified atom stereocenters. The minimum absolute atomic E-state index is 0.00475. The quantitative estimate of drug-likeness (QED) is 0.706. The van der Waals surface area contributed by atoms with Gasteiger partial charge in [0.05, 0.1) is 6.61 Å². The van der Waals surface area contributed by atoms with Crippen LogP contribution in [0.15, 0.2) is 12.3 Å². The lowest BCUT2D eigenvalue weighted by Crippen LogP contribution is -2.07. The Hall–Kier alpha value is -1.30. The Kier molecular flexibility index (Phi) is 2.42. The normalized spacial score (nSPS) is 11.7. The van der Waals surface area contributed by atoms with Crippen LogP contribution >= 0.6 is 0 Å². The van der Waals surface area contributed by atoms with E-state index in [1.165, 1.54) is 0 Å². The third-order valence-electron chi connectivity index (χ3n) is 1.41. The van der Waals surface area contributed by atoms with Gasteiger partial charge in [0.15, 0.2) is 0 Å². The van der Waals surface area contributed by atoms with Crippen molar-refractivity contribution < 1.29 is 23.4 Å². The lowest BCUT2D eigenvalue weighted by atomic mass is 10.2. The van der Waals surface area contributed by atoms with Gasteiger partial charge in [0.2, 0.25) is 5.88 Å². The summed E-state index contributed by atoms with van der Waals surface area (Å²) in [6.07, 6.45) is -3.67. The zero-order chi connectivity index (χ0) is 10.1. The minimum Gasteiger partial charge on any atom is -0.493 e. The van der Waals surface area contributed by atoms with Gasteiger partial charge >= 0.3 is 6.18 Å². The summed E-state index contributed by atoms with van der Waals surface area (Å²) in [5.74, 6) is -1.08. The topological polar surface area (TPSA) is 53.4 Å². The van der Waals surface area contributed by atoms with Crippen LogP contribution < -0.4 is 0 Å². The van der Waals surface area contributed by atoms with E-state index in [9.17, 15) is 13.2 Å². The second-order valence-electron chi connectivity index (χ2n) is 2.37. The van der Waals surface area contributed by atoms with E-state index in [4.69, 9.17) is 10.2 Å². The molecule has 0 aliphatic rings. The average Bonchev–Trinajstić information content (AvgIpc) is 2.03. The Morgan fingerprint density at radius 3 is 2.46 bits per heavy atom. The van der Waals surface area contributed by atoms with Gasteiger partial charge in [-0.25, -0.2) is 4.98 Å². The number of aromatic hydroxyl groups is 1. The fourth-order valence-corrected chi connectivity index (χ4v) is 0.796. The summed E-state index contributed by atoms with van der Waals surface area (Å²) < 4.78 is 36.3. The monoisotopic (exact) mass is 193 g/mol. The summed E-state index contributed by atoms with van der Waals surface area (Å²) in [6, 6.07) is 0.655. The van der Waals surface area contributed by atoms with Crippen LogP contribution in [0.25, 0.3) is 0 Å². The van der Waals surface area contributed by atoms with Crippen molar-refractivity contribution in [2.24, 2.45) is 0 Å². The minimum atomic E-state index is -4.65. The number of halogens is 3. The smallest absolute Gasteiger partial charge is 0.421 e. The molecule has 0 aromatic carbocycles. The Labute approximate surface area is 71.5 Å². The third-order valence-corrected chi connectivity index (χ3v) is 1.41. The van der Waals surface area contributed by atoms with Crippen molar-refractivity contribution in [2.45, 2.75) is 12.8 Å². The Bertz CT molecular complexity index is 311. The van der Waals surface area contributed by atoms with Gasteiger partial charge in [0.1, 0.15) is 5.56 Å². The van der Waals surface area contributed by atoms with Crippen LogP contribution in [0.1, 0.15) is 11.1 Å². The van der Waals surface area contributed by atoms with Crippen LogP contribution in [0.3, 0.4) is 0 Å². The van der Waals surface area contributed by atoms with E-state index in [1.807, 2.05) is 0 Å². The van der Waals surface area contributed by atoms with Gasteiger partial charge in [-0.1, -0.05) is 0 Å². The van der Waals surface area contributed by atoms with E-state index in [0.29, 0.717) is 6.07 Å². The number of nitrogens with zero attached hydrogens (tertiary/aromatic N) is 1. The number of aliphatic hydroxyl groups excluding tert-OH is 1. The lowest BCUT2D eigenvalue weighted by Gasteiger charge is -2.08. The predicted octanol–water partition coefficient (Wildman–Crippen LogP) is 1.30. The number of aromatic nitrogens is 1. The number of aliphatic hydroxyl groups is 1. The predicted molar refractivity (Wildman–Crippen MR) is 36.8 cm³/mol. The maximum Gasteiger partial charge on any atom is 0.421 e. The Balaban J connectivity index is 3.19. The first-order valence-corrected chi connectivity index (χ1v) is 3.31. The summed E-state index contributed by atoms with van der Waals surface area (Å²) in [4.78, 5) is 3.09. The van der Waals surface area contributed by atoms with Crippen molar-refractivity contribution >= 4 is 0 Å². The highest BCUT2D eigenvalue weighted by Crippen LogP contribution is 2.34. The van der Waals surface area contributed by atoms with E-state index in [-0.39, 0.29) is 5.56 Å². The molecule has 1 rings (SSSR count). The summed E-state index contributed by atoms with van der Waals surface area (Å²) in [6.45, 7) is -0.545. The molecular formula is C7H6F3NO2. The molecule has 0 bridgehead atoms. The lowest BCUT2D eigenvalue weighted by molar-refractivity contribution is -0.139. The zero-order valence-electron chi connectivity index (χ0n) is 6.34. The second kappa shape index (κ2) is 3.21. The van der Waals surface area contributed by atoms with E-state index in [0.717, 1.165) is 6.20 Å². The van der Waals surface area contributed by atoms with Crippen molar-refractivity contribution in [3.63, 3.8) is 0 Å². The van der Waals surface area contributed by atoms with E-state index in [1.54, 1.807) is 0 Å². The molecule has 0 saturated carbocycles. The van der Waals surface area contributed by atoms with Gasteiger partial charge in [-0.3, -0.25) is 0 Å². The maximum atomic E-state index is 12.1. The molecule has 3 nitrogen and oxygen atoms in total. The second-order valence-corrected chi connectivity index (χ2v) is 2.37. The van der Waals surface area contributed by atoms with Crippen LogP contribution in [0, 0.1) is 0 Å². The number of hydrogen-bond donors (Lipinski definition) is 2. The Morgan fingerprint density at radius 1 is 1.38 bits per heavy atom. The average molecular weight is 193 g/mol. The van der Waals surface area contributed by atoms with Crippen LogP contribution in [-0.2, 0) is 12.8 Å². The highest BCUT2D eigenvalue weighted by Gasteiger charge is 2.34. The zero-order valence-corrected chi connectivity index (χ0v) is 6.34. The fraction of sp³-hybridized carbons (Fsp3) is 0.286. The van der Waals surface area contributed by atoms with E-state index >= 15 is 0 Å². The van der Waals surface area contributed by atoms with Gasteiger partial charge in [-0.05, 0) is 11.6 Å². The molecule has 0 fully saturated rings. The van der Waals surface area contributed by atoms with Crippen LogP contribution in [0.4, 0.5) is 13.2 Å².